The van der Waals surface area contributed by atoms with Gasteiger partial charge in [0, 0.05) is 0 Å². The smallest absolute Gasteiger partial charge is 0.0822 e. The Balaban J connectivity index is 3.58. The lowest BCUT2D eigenvalue weighted by molar-refractivity contribution is -0.0107. The highest BCUT2D eigenvalue weighted by molar-refractivity contribution is 4.69. The normalized spacial score (nSPS) is 17.4. The second-order valence-corrected chi connectivity index (χ2v) is 2.88. The van der Waals surface area contributed by atoms with Crippen molar-refractivity contribution >= 4 is 0 Å². The minimum absolute atomic E-state index is 0.0987. The standard InChI is InChI=1S/C7H17NO2/c1-5(2)7(10)6(9)3-4-8/h5-7,9-10H,3-4,8H2,1-2H3/t6-,7?/m1/s1. The van der Waals surface area contributed by atoms with Crippen LogP contribution in [0.5, 0.6) is 0 Å². The van der Waals surface area contributed by atoms with Crippen molar-refractivity contribution in [3.05, 3.63) is 0 Å². The first-order chi connectivity index (χ1) is 4.59. The van der Waals surface area contributed by atoms with Gasteiger partial charge in [-0.2, -0.15) is 0 Å². The maximum atomic E-state index is 9.22. The van der Waals surface area contributed by atoms with E-state index < -0.39 is 12.2 Å². The molecule has 0 aliphatic carbocycles. The van der Waals surface area contributed by atoms with Crippen molar-refractivity contribution in [1.82, 2.24) is 0 Å². The fourth-order valence-corrected chi connectivity index (χ4v) is 0.786. The molecule has 3 heteroatoms. The molecule has 1 unspecified atom stereocenters. The highest BCUT2D eigenvalue weighted by Gasteiger charge is 2.18. The van der Waals surface area contributed by atoms with Gasteiger partial charge in [-0.3, -0.25) is 0 Å². The number of aliphatic hydroxyl groups excluding tert-OH is 2. The summed E-state index contributed by atoms with van der Waals surface area (Å²) < 4.78 is 0. The maximum Gasteiger partial charge on any atom is 0.0822 e. The van der Waals surface area contributed by atoms with E-state index in [0.717, 1.165) is 0 Å². The Bertz CT molecular complexity index is 85.7. The van der Waals surface area contributed by atoms with E-state index in [0.29, 0.717) is 13.0 Å². The zero-order valence-electron chi connectivity index (χ0n) is 6.62. The van der Waals surface area contributed by atoms with Crippen molar-refractivity contribution < 1.29 is 10.2 Å². The van der Waals surface area contributed by atoms with E-state index >= 15 is 0 Å². The van der Waals surface area contributed by atoms with Gasteiger partial charge in [0.25, 0.3) is 0 Å². The van der Waals surface area contributed by atoms with Crippen LogP contribution in [0, 0.1) is 5.92 Å². The fourth-order valence-electron chi connectivity index (χ4n) is 0.786. The first-order valence-corrected chi connectivity index (χ1v) is 3.65. The monoisotopic (exact) mass is 147 g/mol. The van der Waals surface area contributed by atoms with E-state index in [9.17, 15) is 5.11 Å². The molecule has 4 N–H and O–H groups in total. The molecule has 0 aromatic carbocycles. The molecule has 0 heterocycles. The summed E-state index contributed by atoms with van der Waals surface area (Å²) in [4.78, 5) is 0. The molecule has 0 amide bonds. The van der Waals surface area contributed by atoms with E-state index in [4.69, 9.17) is 10.8 Å². The molecule has 0 rings (SSSR count). The molecule has 2 atom stereocenters. The van der Waals surface area contributed by atoms with Crippen molar-refractivity contribution in [2.24, 2.45) is 11.7 Å². The van der Waals surface area contributed by atoms with E-state index in [2.05, 4.69) is 0 Å². The van der Waals surface area contributed by atoms with Crippen LogP contribution in [0.4, 0.5) is 0 Å². The molecule has 0 saturated carbocycles. The predicted octanol–water partition coefficient (Wildman–Crippen LogP) is -0.287. The molecule has 0 saturated heterocycles. The van der Waals surface area contributed by atoms with Gasteiger partial charge in [-0.25, -0.2) is 0 Å². The van der Waals surface area contributed by atoms with Gasteiger partial charge in [-0.1, -0.05) is 13.8 Å². The summed E-state index contributed by atoms with van der Waals surface area (Å²) in [6, 6.07) is 0. The van der Waals surface area contributed by atoms with Gasteiger partial charge >= 0.3 is 0 Å². The maximum absolute atomic E-state index is 9.22. The quantitative estimate of drug-likeness (QED) is 0.512. The van der Waals surface area contributed by atoms with E-state index in [-0.39, 0.29) is 5.92 Å². The first kappa shape index (κ1) is 9.88. The van der Waals surface area contributed by atoms with Crippen molar-refractivity contribution in [3.8, 4) is 0 Å². The fraction of sp³-hybridized carbons (Fsp3) is 1.00. The second-order valence-electron chi connectivity index (χ2n) is 2.88. The SMILES string of the molecule is CC(C)C(O)[C@H](O)CCN. The van der Waals surface area contributed by atoms with Crippen molar-refractivity contribution in [3.63, 3.8) is 0 Å². The van der Waals surface area contributed by atoms with Gasteiger partial charge in [-0.15, -0.1) is 0 Å². The van der Waals surface area contributed by atoms with E-state index in [1.54, 1.807) is 0 Å². The predicted molar refractivity (Wildman–Crippen MR) is 40.5 cm³/mol. The Labute approximate surface area is 61.9 Å². The van der Waals surface area contributed by atoms with Crippen molar-refractivity contribution in [2.75, 3.05) is 6.54 Å². The minimum Gasteiger partial charge on any atom is -0.390 e. The number of rotatable bonds is 4. The van der Waals surface area contributed by atoms with Gasteiger partial charge in [0.1, 0.15) is 0 Å². The molecule has 10 heavy (non-hydrogen) atoms. The molecule has 0 bridgehead atoms. The first-order valence-electron chi connectivity index (χ1n) is 3.65. The molecular formula is C7H17NO2. The molecule has 0 aliphatic rings. The Morgan fingerprint density at radius 1 is 1.30 bits per heavy atom. The lowest BCUT2D eigenvalue weighted by Crippen LogP contribution is -2.32. The Hall–Kier alpha value is -0.120. The van der Waals surface area contributed by atoms with Crippen LogP contribution in [0.3, 0.4) is 0 Å². The van der Waals surface area contributed by atoms with Crippen LogP contribution in [0.15, 0.2) is 0 Å². The molecule has 3 nitrogen and oxygen atoms in total. The molecular weight excluding hydrogens is 130 g/mol. The second kappa shape index (κ2) is 4.66. The number of hydrogen-bond acceptors (Lipinski definition) is 3. The highest BCUT2D eigenvalue weighted by Crippen LogP contribution is 2.07. The van der Waals surface area contributed by atoms with Crippen LogP contribution in [0.2, 0.25) is 0 Å². The third-order valence-electron chi connectivity index (χ3n) is 1.54. The minimum atomic E-state index is -0.662. The third kappa shape index (κ3) is 3.15. The van der Waals surface area contributed by atoms with Crippen molar-refractivity contribution in [2.45, 2.75) is 32.5 Å². The summed E-state index contributed by atoms with van der Waals surface area (Å²) in [7, 11) is 0. The Kier molecular flexibility index (Phi) is 4.60. The molecule has 0 aromatic rings. The van der Waals surface area contributed by atoms with Crippen LogP contribution in [0.1, 0.15) is 20.3 Å². The molecule has 0 aliphatic heterocycles. The van der Waals surface area contributed by atoms with Crippen LogP contribution in [-0.2, 0) is 0 Å². The lowest BCUT2D eigenvalue weighted by Gasteiger charge is -2.19. The zero-order valence-corrected chi connectivity index (χ0v) is 6.62. The summed E-state index contributed by atoms with van der Waals surface area (Å²) in [6.07, 6.45) is -0.826. The van der Waals surface area contributed by atoms with Crippen LogP contribution in [-0.4, -0.2) is 29.0 Å². The molecule has 0 radical (unpaired) electrons. The van der Waals surface area contributed by atoms with Gasteiger partial charge in [-0.05, 0) is 18.9 Å². The summed E-state index contributed by atoms with van der Waals surface area (Å²) in [5, 5.41) is 18.4. The average Bonchev–Trinajstić information content (AvgIpc) is 1.87. The highest BCUT2D eigenvalue weighted by atomic mass is 16.3. The lowest BCUT2D eigenvalue weighted by atomic mass is 10.00. The molecule has 62 valence electrons. The van der Waals surface area contributed by atoms with Gasteiger partial charge in [0.15, 0.2) is 0 Å². The van der Waals surface area contributed by atoms with E-state index in [1.165, 1.54) is 0 Å². The zero-order chi connectivity index (χ0) is 8.15. The third-order valence-corrected chi connectivity index (χ3v) is 1.54. The van der Waals surface area contributed by atoms with Crippen LogP contribution >= 0.6 is 0 Å². The van der Waals surface area contributed by atoms with Gasteiger partial charge < -0.3 is 15.9 Å². The van der Waals surface area contributed by atoms with Crippen LogP contribution < -0.4 is 5.73 Å². The summed E-state index contributed by atoms with van der Waals surface area (Å²) in [5.74, 6) is 0.0987. The summed E-state index contributed by atoms with van der Waals surface area (Å²) in [5.41, 5.74) is 5.20. The Morgan fingerprint density at radius 3 is 2.10 bits per heavy atom. The van der Waals surface area contributed by atoms with Gasteiger partial charge in [0.05, 0.1) is 12.2 Å². The van der Waals surface area contributed by atoms with Gasteiger partial charge in [0.2, 0.25) is 0 Å². The number of aliphatic hydroxyl groups is 2. The van der Waals surface area contributed by atoms with Crippen LogP contribution in [0.25, 0.3) is 0 Å². The molecule has 0 spiro atoms. The Morgan fingerprint density at radius 2 is 1.80 bits per heavy atom. The average molecular weight is 147 g/mol. The van der Waals surface area contributed by atoms with Crippen molar-refractivity contribution in [1.29, 1.82) is 0 Å². The summed E-state index contributed by atoms with van der Waals surface area (Å²) >= 11 is 0. The molecule has 0 aromatic heterocycles. The largest absolute Gasteiger partial charge is 0.390 e. The summed E-state index contributed by atoms with van der Waals surface area (Å²) in [6.45, 7) is 4.15. The molecule has 0 fully saturated rings. The van der Waals surface area contributed by atoms with E-state index in [1.807, 2.05) is 13.8 Å². The number of hydrogen-bond donors (Lipinski definition) is 3. The number of nitrogens with two attached hydrogens (primary N) is 1. The topological polar surface area (TPSA) is 66.5 Å².